The Hall–Kier alpha value is -1.56. The first-order valence-electron chi connectivity index (χ1n) is 3.22. The molecule has 0 aliphatic carbocycles. The van der Waals surface area contributed by atoms with Crippen LogP contribution in [0.2, 0.25) is 0 Å². The van der Waals surface area contributed by atoms with Crippen LogP contribution in [0.25, 0.3) is 11.5 Å². The van der Waals surface area contributed by atoms with Gasteiger partial charge in [0.1, 0.15) is 5.69 Å². The van der Waals surface area contributed by atoms with Crippen molar-refractivity contribution in [1.82, 2.24) is 19.3 Å². The Morgan fingerprint density at radius 3 is 2.83 bits per heavy atom. The largest absolute Gasteiger partial charge is 0.374 e. The molecule has 0 unspecified atom stereocenters. The fourth-order valence-corrected chi connectivity index (χ4v) is 1.20. The zero-order valence-corrected chi connectivity index (χ0v) is 6.82. The highest BCUT2D eigenvalue weighted by molar-refractivity contribution is 7.09. The standard InChI is InChI=1S/C6H5N5S/c7-6-10-5(11-12-6)4-3-8-1-2-9-4/h1-3H,(H2,7,10,11). The first-order valence-corrected chi connectivity index (χ1v) is 3.99. The predicted octanol–water partition coefficient (Wildman–Crippen LogP) is 0.577. The highest BCUT2D eigenvalue weighted by Crippen LogP contribution is 2.14. The molecule has 0 atom stereocenters. The van der Waals surface area contributed by atoms with Gasteiger partial charge in [-0.05, 0) is 0 Å². The van der Waals surface area contributed by atoms with Gasteiger partial charge in [-0.2, -0.15) is 9.36 Å². The fraction of sp³-hybridized carbons (Fsp3) is 0. The van der Waals surface area contributed by atoms with Crippen molar-refractivity contribution >= 4 is 16.7 Å². The molecule has 0 saturated carbocycles. The minimum absolute atomic E-state index is 0.440. The van der Waals surface area contributed by atoms with E-state index in [1.54, 1.807) is 18.6 Å². The first-order chi connectivity index (χ1) is 5.86. The van der Waals surface area contributed by atoms with E-state index in [9.17, 15) is 0 Å². The van der Waals surface area contributed by atoms with Crippen molar-refractivity contribution in [3.05, 3.63) is 18.6 Å². The average molecular weight is 179 g/mol. The summed E-state index contributed by atoms with van der Waals surface area (Å²) in [5.74, 6) is 0.533. The molecule has 0 spiro atoms. The van der Waals surface area contributed by atoms with Crippen LogP contribution in [0, 0.1) is 0 Å². The van der Waals surface area contributed by atoms with Gasteiger partial charge in [-0.15, -0.1) is 0 Å². The molecule has 0 amide bonds. The molecule has 12 heavy (non-hydrogen) atoms. The van der Waals surface area contributed by atoms with Gasteiger partial charge < -0.3 is 5.73 Å². The van der Waals surface area contributed by atoms with Crippen LogP contribution in [0.4, 0.5) is 5.13 Å². The topological polar surface area (TPSA) is 77.6 Å². The van der Waals surface area contributed by atoms with Crippen LogP contribution in [0.15, 0.2) is 18.6 Å². The van der Waals surface area contributed by atoms with Crippen molar-refractivity contribution in [1.29, 1.82) is 0 Å². The van der Waals surface area contributed by atoms with Crippen LogP contribution in [-0.2, 0) is 0 Å². The first kappa shape index (κ1) is 7.11. The molecule has 2 rings (SSSR count). The molecule has 2 aromatic heterocycles. The molecule has 0 saturated heterocycles. The number of hydrogen-bond acceptors (Lipinski definition) is 6. The average Bonchev–Trinajstić information content (AvgIpc) is 2.54. The minimum atomic E-state index is 0.440. The molecule has 2 N–H and O–H groups in total. The van der Waals surface area contributed by atoms with Crippen LogP contribution in [0.5, 0.6) is 0 Å². The van der Waals surface area contributed by atoms with Gasteiger partial charge in [0, 0.05) is 23.9 Å². The number of aromatic nitrogens is 4. The Balaban J connectivity index is 2.45. The molecule has 0 bridgehead atoms. The molecule has 0 aliphatic rings. The Bertz CT molecular complexity index is 370. The molecule has 0 aromatic carbocycles. The molecule has 0 fully saturated rings. The van der Waals surface area contributed by atoms with Crippen LogP contribution < -0.4 is 5.73 Å². The maximum Gasteiger partial charge on any atom is 0.200 e. The van der Waals surface area contributed by atoms with Gasteiger partial charge in [-0.1, -0.05) is 0 Å². The fourth-order valence-electron chi connectivity index (χ4n) is 0.754. The van der Waals surface area contributed by atoms with Crippen molar-refractivity contribution in [2.75, 3.05) is 5.73 Å². The van der Waals surface area contributed by atoms with Gasteiger partial charge in [0.15, 0.2) is 11.0 Å². The molecule has 2 heterocycles. The Morgan fingerprint density at radius 1 is 1.33 bits per heavy atom. The number of anilines is 1. The highest BCUT2D eigenvalue weighted by atomic mass is 32.1. The van der Waals surface area contributed by atoms with Crippen molar-refractivity contribution in [2.24, 2.45) is 0 Å². The summed E-state index contributed by atoms with van der Waals surface area (Å²) in [6.07, 6.45) is 4.78. The highest BCUT2D eigenvalue weighted by Gasteiger charge is 2.04. The zero-order valence-electron chi connectivity index (χ0n) is 6.01. The van der Waals surface area contributed by atoms with Gasteiger partial charge in [0.2, 0.25) is 0 Å². The van der Waals surface area contributed by atoms with Crippen molar-refractivity contribution in [3.63, 3.8) is 0 Å². The van der Waals surface area contributed by atoms with Gasteiger partial charge >= 0.3 is 0 Å². The smallest absolute Gasteiger partial charge is 0.200 e. The summed E-state index contributed by atoms with van der Waals surface area (Å²) in [5, 5.41) is 0.440. The number of nitrogens with zero attached hydrogens (tertiary/aromatic N) is 4. The molecule has 5 nitrogen and oxygen atoms in total. The lowest BCUT2D eigenvalue weighted by atomic mass is 10.4. The summed E-state index contributed by atoms with van der Waals surface area (Å²) < 4.78 is 3.99. The molecular formula is C6H5N5S. The number of hydrogen-bond donors (Lipinski definition) is 1. The molecular weight excluding hydrogens is 174 g/mol. The van der Waals surface area contributed by atoms with E-state index < -0.39 is 0 Å². The van der Waals surface area contributed by atoms with Gasteiger partial charge in [-0.3, -0.25) is 4.98 Å². The lowest BCUT2D eigenvalue weighted by Crippen LogP contribution is -1.87. The third-order valence-corrected chi connectivity index (χ3v) is 1.78. The van der Waals surface area contributed by atoms with Gasteiger partial charge in [0.05, 0.1) is 6.20 Å². The van der Waals surface area contributed by atoms with Crippen LogP contribution in [0.3, 0.4) is 0 Å². The Kier molecular flexibility index (Phi) is 1.67. The van der Waals surface area contributed by atoms with E-state index in [1.807, 2.05) is 0 Å². The zero-order chi connectivity index (χ0) is 8.39. The van der Waals surface area contributed by atoms with Crippen molar-refractivity contribution in [2.45, 2.75) is 0 Å². The molecule has 0 radical (unpaired) electrons. The second-order valence-electron chi connectivity index (χ2n) is 2.05. The number of nitrogen functional groups attached to an aromatic ring is 1. The van der Waals surface area contributed by atoms with Crippen molar-refractivity contribution < 1.29 is 0 Å². The normalized spacial score (nSPS) is 10.0. The third kappa shape index (κ3) is 1.24. The van der Waals surface area contributed by atoms with E-state index in [-0.39, 0.29) is 0 Å². The lowest BCUT2D eigenvalue weighted by Gasteiger charge is -1.89. The Morgan fingerprint density at radius 2 is 2.25 bits per heavy atom. The van der Waals surface area contributed by atoms with Crippen LogP contribution in [-0.4, -0.2) is 19.3 Å². The predicted molar refractivity (Wildman–Crippen MR) is 45.3 cm³/mol. The summed E-state index contributed by atoms with van der Waals surface area (Å²) in [6, 6.07) is 0. The van der Waals surface area contributed by atoms with Gasteiger partial charge in [-0.25, -0.2) is 4.98 Å². The summed E-state index contributed by atoms with van der Waals surface area (Å²) in [5.41, 5.74) is 6.06. The summed E-state index contributed by atoms with van der Waals surface area (Å²) in [6.45, 7) is 0. The second-order valence-corrected chi connectivity index (χ2v) is 2.83. The lowest BCUT2D eigenvalue weighted by molar-refractivity contribution is 1.17. The second kappa shape index (κ2) is 2.82. The number of nitrogens with two attached hydrogens (primary N) is 1. The molecule has 2 aromatic rings. The third-order valence-electron chi connectivity index (χ3n) is 1.23. The van der Waals surface area contributed by atoms with E-state index >= 15 is 0 Å². The Labute approximate surface area is 72.5 Å². The SMILES string of the molecule is Nc1nc(-c2cnccn2)ns1. The van der Waals surface area contributed by atoms with Gasteiger partial charge in [0.25, 0.3) is 0 Å². The summed E-state index contributed by atoms with van der Waals surface area (Å²) in [4.78, 5) is 11.9. The van der Waals surface area contributed by atoms with E-state index in [0.29, 0.717) is 16.6 Å². The van der Waals surface area contributed by atoms with E-state index in [0.717, 1.165) is 11.5 Å². The van der Waals surface area contributed by atoms with Crippen molar-refractivity contribution in [3.8, 4) is 11.5 Å². The summed E-state index contributed by atoms with van der Waals surface area (Å²) >= 11 is 1.15. The number of rotatable bonds is 1. The molecule has 60 valence electrons. The maximum absolute atomic E-state index is 5.41. The van der Waals surface area contributed by atoms with E-state index in [1.165, 1.54) is 0 Å². The molecule has 0 aliphatic heterocycles. The van der Waals surface area contributed by atoms with Crippen LogP contribution in [0.1, 0.15) is 0 Å². The summed E-state index contributed by atoms with van der Waals surface area (Å²) in [7, 11) is 0. The quantitative estimate of drug-likeness (QED) is 0.692. The molecule has 6 heteroatoms. The minimum Gasteiger partial charge on any atom is -0.374 e. The monoisotopic (exact) mass is 179 g/mol. The van der Waals surface area contributed by atoms with E-state index in [4.69, 9.17) is 5.73 Å². The van der Waals surface area contributed by atoms with E-state index in [2.05, 4.69) is 19.3 Å². The maximum atomic E-state index is 5.41. The van der Waals surface area contributed by atoms with Crippen LogP contribution >= 0.6 is 11.5 Å².